The van der Waals surface area contributed by atoms with Crippen LogP contribution < -0.4 is 20.1 Å². The van der Waals surface area contributed by atoms with Crippen molar-refractivity contribution in [2.24, 2.45) is 0 Å². The second-order valence-corrected chi connectivity index (χ2v) is 7.69. The molecule has 0 heterocycles. The normalized spacial score (nSPS) is 10.2. The molecule has 3 aromatic rings. The first-order chi connectivity index (χ1) is 14.5. The molecule has 154 valence electrons. The molecule has 1 amide bonds. The van der Waals surface area contributed by atoms with Gasteiger partial charge in [-0.05, 0) is 89.2 Å². The summed E-state index contributed by atoms with van der Waals surface area (Å²) in [6.45, 7) is 2.83. The summed E-state index contributed by atoms with van der Waals surface area (Å²) in [5, 5.41) is 5.91. The molecule has 0 bridgehead atoms. The van der Waals surface area contributed by atoms with Crippen molar-refractivity contribution in [1.82, 2.24) is 5.32 Å². The molecule has 0 unspecified atom stereocenters. The number of nitrogens with one attached hydrogen (secondary N) is 2. The fraction of sp³-hybridized carbons (Fsp3) is 0.130. The van der Waals surface area contributed by atoms with Crippen LogP contribution in [0.1, 0.15) is 15.9 Å². The number of carbonyl (C=O) groups excluding carboxylic acids is 1. The average Bonchev–Trinajstić information content (AvgIpc) is 2.74. The van der Waals surface area contributed by atoms with Crippen molar-refractivity contribution in [3.05, 3.63) is 88.4 Å². The summed E-state index contributed by atoms with van der Waals surface area (Å²) in [5.41, 5.74) is 2.39. The number of para-hydroxylation sites is 1. The molecular formula is C23H21BrN2O3S. The lowest BCUT2D eigenvalue weighted by Gasteiger charge is -2.12. The van der Waals surface area contributed by atoms with E-state index in [1.807, 2.05) is 55.5 Å². The van der Waals surface area contributed by atoms with Crippen LogP contribution in [0, 0.1) is 6.92 Å². The molecule has 3 rings (SSSR count). The van der Waals surface area contributed by atoms with E-state index in [0.29, 0.717) is 24.5 Å². The van der Waals surface area contributed by atoms with Gasteiger partial charge >= 0.3 is 0 Å². The molecule has 0 spiro atoms. The number of benzene rings is 3. The SMILES string of the molecule is Cc1ccc(NC(=S)NC(=O)c2ccc(OCCOc3ccccc3)cc2)c(Br)c1. The number of amides is 1. The fourth-order valence-corrected chi connectivity index (χ4v) is 3.38. The maximum Gasteiger partial charge on any atom is 0.257 e. The molecule has 3 aromatic carbocycles. The van der Waals surface area contributed by atoms with Gasteiger partial charge in [0.05, 0.1) is 5.69 Å². The van der Waals surface area contributed by atoms with Gasteiger partial charge in [-0.1, -0.05) is 24.3 Å². The van der Waals surface area contributed by atoms with Gasteiger partial charge in [0.1, 0.15) is 24.7 Å². The van der Waals surface area contributed by atoms with Crippen LogP contribution in [0.25, 0.3) is 0 Å². The summed E-state index contributed by atoms with van der Waals surface area (Å²) in [7, 11) is 0. The zero-order valence-corrected chi connectivity index (χ0v) is 18.8. The lowest BCUT2D eigenvalue weighted by atomic mass is 10.2. The topological polar surface area (TPSA) is 59.6 Å². The Morgan fingerprint density at radius 1 is 0.933 bits per heavy atom. The fourth-order valence-electron chi connectivity index (χ4n) is 2.59. The van der Waals surface area contributed by atoms with Gasteiger partial charge in [-0.3, -0.25) is 10.1 Å². The monoisotopic (exact) mass is 484 g/mol. The van der Waals surface area contributed by atoms with Gasteiger partial charge in [0.2, 0.25) is 0 Å². The first kappa shape index (κ1) is 21.8. The second-order valence-electron chi connectivity index (χ2n) is 6.43. The van der Waals surface area contributed by atoms with Gasteiger partial charge in [-0.15, -0.1) is 0 Å². The van der Waals surface area contributed by atoms with Crippen LogP contribution in [0.15, 0.2) is 77.3 Å². The van der Waals surface area contributed by atoms with E-state index in [1.54, 1.807) is 24.3 Å². The van der Waals surface area contributed by atoms with Crippen LogP contribution in [-0.4, -0.2) is 24.2 Å². The molecule has 0 saturated heterocycles. The number of carbonyl (C=O) groups is 1. The Morgan fingerprint density at radius 3 is 2.20 bits per heavy atom. The van der Waals surface area contributed by atoms with E-state index < -0.39 is 0 Å². The summed E-state index contributed by atoms with van der Waals surface area (Å²) in [6.07, 6.45) is 0. The maximum atomic E-state index is 12.4. The molecule has 0 atom stereocenters. The minimum Gasteiger partial charge on any atom is -0.490 e. The third-order valence-corrected chi connectivity index (χ3v) is 4.94. The molecule has 0 aromatic heterocycles. The summed E-state index contributed by atoms with van der Waals surface area (Å²) in [5.74, 6) is 1.16. The van der Waals surface area contributed by atoms with E-state index in [1.165, 1.54) is 0 Å². The number of rotatable bonds is 7. The minimum atomic E-state index is -0.297. The lowest BCUT2D eigenvalue weighted by molar-refractivity contribution is 0.0977. The van der Waals surface area contributed by atoms with Crippen molar-refractivity contribution in [3.63, 3.8) is 0 Å². The standard InChI is InChI=1S/C23H21BrN2O3S/c1-16-7-12-21(20(24)15-16)25-23(30)26-22(27)17-8-10-19(11-9-17)29-14-13-28-18-5-3-2-4-6-18/h2-12,15H,13-14H2,1H3,(H2,25,26,27,30). The first-order valence-corrected chi connectivity index (χ1v) is 10.5. The molecule has 2 N–H and O–H groups in total. The van der Waals surface area contributed by atoms with Crippen molar-refractivity contribution in [1.29, 1.82) is 0 Å². The van der Waals surface area contributed by atoms with Crippen LogP contribution in [-0.2, 0) is 0 Å². The minimum absolute atomic E-state index is 0.225. The largest absolute Gasteiger partial charge is 0.490 e. The van der Waals surface area contributed by atoms with Gasteiger partial charge in [0.15, 0.2) is 5.11 Å². The highest BCUT2D eigenvalue weighted by Crippen LogP contribution is 2.23. The Kier molecular flexibility index (Phi) is 7.82. The van der Waals surface area contributed by atoms with Crippen LogP contribution in [0.5, 0.6) is 11.5 Å². The zero-order valence-electron chi connectivity index (χ0n) is 16.4. The summed E-state index contributed by atoms with van der Waals surface area (Å²) in [4.78, 5) is 12.4. The number of thiocarbonyl (C=S) groups is 1. The summed E-state index contributed by atoms with van der Waals surface area (Å²) in [6, 6.07) is 22.2. The number of halogens is 1. The number of ether oxygens (including phenoxy) is 2. The van der Waals surface area contributed by atoms with Crippen molar-refractivity contribution in [2.45, 2.75) is 6.92 Å². The highest BCUT2D eigenvalue weighted by atomic mass is 79.9. The van der Waals surface area contributed by atoms with Crippen molar-refractivity contribution in [2.75, 3.05) is 18.5 Å². The Morgan fingerprint density at radius 2 is 1.57 bits per heavy atom. The van der Waals surface area contributed by atoms with E-state index in [9.17, 15) is 4.79 Å². The highest BCUT2D eigenvalue weighted by molar-refractivity contribution is 9.10. The number of hydrogen-bond donors (Lipinski definition) is 2. The predicted octanol–water partition coefficient (Wildman–Crippen LogP) is 5.34. The van der Waals surface area contributed by atoms with Crippen molar-refractivity contribution in [3.8, 4) is 11.5 Å². The van der Waals surface area contributed by atoms with Crippen LogP contribution in [0.2, 0.25) is 0 Å². The van der Waals surface area contributed by atoms with E-state index in [-0.39, 0.29) is 11.0 Å². The number of anilines is 1. The molecule has 30 heavy (non-hydrogen) atoms. The van der Waals surface area contributed by atoms with Crippen molar-refractivity contribution >= 4 is 44.9 Å². The third kappa shape index (κ3) is 6.57. The van der Waals surface area contributed by atoms with Gasteiger partial charge in [-0.2, -0.15) is 0 Å². The molecule has 7 heteroatoms. The second kappa shape index (κ2) is 10.8. The quantitative estimate of drug-likeness (QED) is 0.350. The maximum absolute atomic E-state index is 12.4. The van der Waals surface area contributed by atoms with Crippen LogP contribution in [0.4, 0.5) is 5.69 Å². The predicted molar refractivity (Wildman–Crippen MR) is 126 cm³/mol. The van der Waals surface area contributed by atoms with Crippen molar-refractivity contribution < 1.29 is 14.3 Å². The van der Waals surface area contributed by atoms with Crippen LogP contribution in [0.3, 0.4) is 0 Å². The summed E-state index contributed by atoms with van der Waals surface area (Å²) < 4.78 is 12.1. The Labute approximate surface area is 189 Å². The Bertz CT molecular complexity index is 1010. The van der Waals surface area contributed by atoms with E-state index in [4.69, 9.17) is 21.7 Å². The van der Waals surface area contributed by atoms with E-state index >= 15 is 0 Å². The van der Waals surface area contributed by atoms with Gasteiger partial charge in [0.25, 0.3) is 5.91 Å². The third-order valence-electron chi connectivity index (χ3n) is 4.08. The van der Waals surface area contributed by atoms with Crippen LogP contribution >= 0.6 is 28.1 Å². The molecular weight excluding hydrogens is 464 g/mol. The smallest absolute Gasteiger partial charge is 0.257 e. The van der Waals surface area contributed by atoms with Gasteiger partial charge in [-0.25, -0.2) is 0 Å². The lowest BCUT2D eigenvalue weighted by Crippen LogP contribution is -2.34. The number of aryl methyl sites for hydroxylation is 1. The number of hydrogen-bond acceptors (Lipinski definition) is 4. The molecule has 0 aliphatic heterocycles. The Balaban J connectivity index is 1.45. The van der Waals surface area contributed by atoms with Gasteiger partial charge in [0, 0.05) is 10.0 Å². The zero-order chi connectivity index (χ0) is 21.3. The summed E-state index contributed by atoms with van der Waals surface area (Å²) >= 11 is 8.72. The molecule has 0 radical (unpaired) electrons. The molecule has 0 saturated carbocycles. The Hall–Kier alpha value is -2.90. The van der Waals surface area contributed by atoms with Gasteiger partial charge < -0.3 is 14.8 Å². The molecule has 0 aliphatic rings. The molecule has 0 aliphatic carbocycles. The van der Waals surface area contributed by atoms with E-state index in [0.717, 1.165) is 21.5 Å². The van der Waals surface area contributed by atoms with E-state index in [2.05, 4.69) is 26.6 Å². The average molecular weight is 485 g/mol. The molecule has 5 nitrogen and oxygen atoms in total. The highest BCUT2D eigenvalue weighted by Gasteiger charge is 2.09. The molecule has 0 fully saturated rings. The first-order valence-electron chi connectivity index (χ1n) is 9.30.